The van der Waals surface area contributed by atoms with Crippen LogP contribution in [0.1, 0.15) is 5.69 Å². The smallest absolute Gasteiger partial charge is 0.190 e. The van der Waals surface area contributed by atoms with Crippen molar-refractivity contribution in [2.24, 2.45) is 7.05 Å². The molecule has 7 nitrogen and oxygen atoms in total. The van der Waals surface area contributed by atoms with Crippen molar-refractivity contribution in [1.82, 2.24) is 24.7 Å². The summed E-state index contributed by atoms with van der Waals surface area (Å²) in [6.07, 6.45) is 5.33. The Bertz CT molecular complexity index is 809. The van der Waals surface area contributed by atoms with Gasteiger partial charge in [0.1, 0.15) is 11.4 Å². The maximum atomic E-state index is 5.80. The van der Waals surface area contributed by atoms with Crippen LogP contribution in [0, 0.1) is 0 Å². The van der Waals surface area contributed by atoms with Crippen molar-refractivity contribution < 1.29 is 4.74 Å². The van der Waals surface area contributed by atoms with Crippen LogP contribution < -0.4 is 4.90 Å². The summed E-state index contributed by atoms with van der Waals surface area (Å²) >= 11 is 1.54. The largest absolute Gasteiger partial charge is 0.368 e. The molecule has 4 heterocycles. The van der Waals surface area contributed by atoms with Gasteiger partial charge < -0.3 is 9.64 Å². The van der Waals surface area contributed by atoms with E-state index in [2.05, 4.69) is 25.0 Å². The Labute approximate surface area is 137 Å². The molecule has 3 aromatic heterocycles. The Morgan fingerprint density at radius 2 is 2.04 bits per heavy atom. The zero-order valence-corrected chi connectivity index (χ0v) is 13.7. The van der Waals surface area contributed by atoms with Gasteiger partial charge in [-0.2, -0.15) is 5.10 Å². The molecular formula is C15H16N6OS. The van der Waals surface area contributed by atoms with E-state index in [1.54, 1.807) is 25.7 Å². The zero-order chi connectivity index (χ0) is 15.9. The lowest BCUT2D eigenvalue weighted by Crippen LogP contribution is -2.61. The highest BCUT2D eigenvalue weighted by atomic mass is 32.1. The van der Waals surface area contributed by atoms with E-state index in [9.17, 15) is 0 Å². The average molecular weight is 328 g/mol. The number of rotatable bonds is 4. The highest BCUT2D eigenvalue weighted by Gasteiger charge is 2.47. The molecule has 23 heavy (non-hydrogen) atoms. The van der Waals surface area contributed by atoms with Gasteiger partial charge in [-0.1, -0.05) is 0 Å². The van der Waals surface area contributed by atoms with Crippen LogP contribution in [0.15, 0.2) is 36.1 Å². The highest BCUT2D eigenvalue weighted by Crippen LogP contribution is 2.37. The molecule has 1 saturated heterocycles. The minimum absolute atomic E-state index is 0.336. The predicted molar refractivity (Wildman–Crippen MR) is 87.2 cm³/mol. The van der Waals surface area contributed by atoms with Gasteiger partial charge in [0, 0.05) is 38.1 Å². The molecule has 0 amide bonds. The summed E-state index contributed by atoms with van der Waals surface area (Å²) < 4.78 is 7.66. The van der Waals surface area contributed by atoms with Crippen LogP contribution in [0.4, 0.5) is 5.82 Å². The van der Waals surface area contributed by atoms with Gasteiger partial charge >= 0.3 is 0 Å². The molecule has 0 atom stereocenters. The molecule has 0 bridgehead atoms. The topological polar surface area (TPSA) is 69.0 Å². The fourth-order valence-electron chi connectivity index (χ4n) is 2.91. The highest BCUT2D eigenvalue weighted by molar-refractivity contribution is 7.12. The molecule has 0 saturated carbocycles. The summed E-state index contributed by atoms with van der Waals surface area (Å²) in [5.74, 6) is 1.55. The molecule has 0 aromatic carbocycles. The molecule has 1 aliphatic heterocycles. The number of methoxy groups -OCH3 is 1. The van der Waals surface area contributed by atoms with Gasteiger partial charge in [-0.05, 0) is 12.1 Å². The molecule has 0 N–H and O–H groups in total. The number of thiazole rings is 1. The first-order chi connectivity index (χ1) is 11.2. The number of ether oxygens (including phenoxy) is 1. The number of nitrogens with zero attached hydrogens (tertiary/aromatic N) is 6. The lowest BCUT2D eigenvalue weighted by atomic mass is 9.90. The molecule has 0 radical (unpaired) electrons. The quantitative estimate of drug-likeness (QED) is 0.726. The van der Waals surface area contributed by atoms with Crippen molar-refractivity contribution in [1.29, 1.82) is 0 Å². The lowest BCUT2D eigenvalue weighted by molar-refractivity contribution is -0.0447. The van der Waals surface area contributed by atoms with E-state index in [-0.39, 0.29) is 5.60 Å². The Morgan fingerprint density at radius 3 is 2.70 bits per heavy atom. The summed E-state index contributed by atoms with van der Waals surface area (Å²) in [4.78, 5) is 15.4. The molecule has 0 spiro atoms. The van der Waals surface area contributed by atoms with E-state index < -0.39 is 0 Å². The summed E-state index contributed by atoms with van der Waals surface area (Å²) in [6.45, 7) is 1.47. The average Bonchev–Trinajstić information content (AvgIpc) is 3.20. The van der Waals surface area contributed by atoms with Gasteiger partial charge in [-0.3, -0.25) is 4.68 Å². The first-order valence-corrected chi connectivity index (χ1v) is 8.11. The van der Waals surface area contributed by atoms with Gasteiger partial charge in [0.05, 0.1) is 18.8 Å². The van der Waals surface area contributed by atoms with Crippen LogP contribution in [0.2, 0.25) is 0 Å². The minimum Gasteiger partial charge on any atom is -0.368 e. The number of hydrogen-bond acceptors (Lipinski definition) is 7. The van der Waals surface area contributed by atoms with Gasteiger partial charge in [-0.25, -0.2) is 15.0 Å². The fraction of sp³-hybridized carbons (Fsp3) is 0.333. The molecule has 3 aromatic rings. The summed E-state index contributed by atoms with van der Waals surface area (Å²) in [7, 11) is 3.68. The Balaban J connectivity index is 1.58. The number of anilines is 1. The summed E-state index contributed by atoms with van der Waals surface area (Å²) in [5.41, 5.74) is 0.739. The monoisotopic (exact) mass is 328 g/mol. The Kier molecular flexibility index (Phi) is 3.35. The Morgan fingerprint density at radius 1 is 1.17 bits per heavy atom. The van der Waals surface area contributed by atoms with Crippen molar-refractivity contribution in [3.05, 3.63) is 41.8 Å². The second-order valence-corrected chi connectivity index (χ2v) is 6.36. The molecular weight excluding hydrogens is 312 g/mol. The summed E-state index contributed by atoms with van der Waals surface area (Å²) in [5, 5.41) is 7.00. The molecule has 1 fully saturated rings. The van der Waals surface area contributed by atoms with E-state index >= 15 is 0 Å². The van der Waals surface area contributed by atoms with Crippen molar-refractivity contribution in [3.63, 3.8) is 0 Å². The maximum Gasteiger partial charge on any atom is 0.190 e. The third-order valence-corrected chi connectivity index (χ3v) is 4.93. The van der Waals surface area contributed by atoms with Crippen LogP contribution >= 0.6 is 11.3 Å². The number of aryl methyl sites for hydroxylation is 1. The first-order valence-electron chi connectivity index (χ1n) is 7.23. The van der Waals surface area contributed by atoms with Crippen LogP contribution in [-0.4, -0.2) is 44.9 Å². The third-order valence-electron chi connectivity index (χ3n) is 4.16. The second-order valence-electron chi connectivity index (χ2n) is 5.47. The molecule has 1 aliphatic rings. The van der Waals surface area contributed by atoms with Crippen LogP contribution in [0.3, 0.4) is 0 Å². The second kappa shape index (κ2) is 5.39. The molecule has 0 unspecified atom stereocenters. The van der Waals surface area contributed by atoms with E-state index in [0.29, 0.717) is 5.82 Å². The number of hydrogen-bond donors (Lipinski definition) is 0. The van der Waals surface area contributed by atoms with Crippen molar-refractivity contribution >= 4 is 17.2 Å². The molecule has 118 valence electrons. The van der Waals surface area contributed by atoms with E-state index in [0.717, 1.165) is 29.6 Å². The molecule has 8 heteroatoms. The van der Waals surface area contributed by atoms with Crippen molar-refractivity contribution in [2.75, 3.05) is 25.1 Å². The van der Waals surface area contributed by atoms with E-state index in [1.807, 2.05) is 29.2 Å². The molecule has 4 rings (SSSR count). The minimum atomic E-state index is -0.336. The lowest BCUT2D eigenvalue weighted by Gasteiger charge is -2.49. The van der Waals surface area contributed by atoms with Gasteiger partial charge in [-0.15, -0.1) is 11.3 Å². The first kappa shape index (κ1) is 14.3. The zero-order valence-electron chi connectivity index (χ0n) is 12.9. The summed E-state index contributed by atoms with van der Waals surface area (Å²) in [6, 6.07) is 3.92. The third kappa shape index (κ3) is 2.30. The number of aromatic nitrogens is 5. The normalized spacial score (nSPS) is 16.3. The maximum absolute atomic E-state index is 5.80. The van der Waals surface area contributed by atoms with Crippen LogP contribution in [0.5, 0.6) is 0 Å². The van der Waals surface area contributed by atoms with Gasteiger partial charge in [0.2, 0.25) is 0 Å². The van der Waals surface area contributed by atoms with Gasteiger partial charge in [0.15, 0.2) is 10.8 Å². The fourth-order valence-corrected chi connectivity index (χ4v) is 3.49. The van der Waals surface area contributed by atoms with Crippen molar-refractivity contribution in [3.8, 4) is 10.8 Å². The van der Waals surface area contributed by atoms with Crippen LogP contribution in [0.25, 0.3) is 10.8 Å². The predicted octanol–water partition coefficient (Wildman–Crippen LogP) is 1.70. The van der Waals surface area contributed by atoms with Crippen LogP contribution in [-0.2, 0) is 17.4 Å². The van der Waals surface area contributed by atoms with E-state index in [4.69, 9.17) is 4.74 Å². The molecule has 0 aliphatic carbocycles. The standard InChI is InChI=1S/C15H16N6OS/c1-20-11(3-6-18-20)15(22-2)9-21(10-15)12-4-5-16-13(19-12)14-17-7-8-23-14/h3-8H,9-10H2,1-2H3. The van der Waals surface area contributed by atoms with E-state index in [1.165, 1.54) is 11.3 Å². The SMILES string of the molecule is COC1(c2ccnn2C)CN(c2ccnc(-c3nccs3)n2)C1. The Hall–Kier alpha value is -2.32. The van der Waals surface area contributed by atoms with Crippen molar-refractivity contribution in [2.45, 2.75) is 5.60 Å². The van der Waals surface area contributed by atoms with Gasteiger partial charge in [0.25, 0.3) is 0 Å².